The largest absolute Gasteiger partial charge is 0.391 e. The van der Waals surface area contributed by atoms with E-state index in [-0.39, 0.29) is 24.1 Å². The molecule has 2 unspecified atom stereocenters. The predicted molar refractivity (Wildman–Crippen MR) is 75.6 cm³/mol. The van der Waals surface area contributed by atoms with Crippen molar-refractivity contribution >= 4 is 11.6 Å². The van der Waals surface area contributed by atoms with Crippen molar-refractivity contribution in [2.45, 2.75) is 33.3 Å². The minimum atomic E-state index is -0.595. The van der Waals surface area contributed by atoms with E-state index in [2.05, 4.69) is 5.32 Å². The molecule has 0 aliphatic carbocycles. The van der Waals surface area contributed by atoms with Crippen LogP contribution in [0.15, 0.2) is 18.2 Å². The van der Waals surface area contributed by atoms with Crippen molar-refractivity contribution in [1.82, 2.24) is 5.32 Å². The van der Waals surface area contributed by atoms with Gasteiger partial charge in [0.25, 0.3) is 11.6 Å². The molecule has 6 heteroatoms. The van der Waals surface area contributed by atoms with Crippen molar-refractivity contribution in [3.8, 4) is 0 Å². The molecule has 110 valence electrons. The summed E-state index contributed by atoms with van der Waals surface area (Å²) in [4.78, 5) is 22.1. The van der Waals surface area contributed by atoms with Gasteiger partial charge >= 0.3 is 0 Å². The molecule has 1 rings (SSSR count). The van der Waals surface area contributed by atoms with Gasteiger partial charge in [-0.25, -0.2) is 0 Å². The van der Waals surface area contributed by atoms with Crippen LogP contribution < -0.4 is 5.32 Å². The van der Waals surface area contributed by atoms with Gasteiger partial charge in [-0.2, -0.15) is 0 Å². The Morgan fingerprint density at radius 1 is 1.50 bits per heavy atom. The molecule has 0 saturated heterocycles. The summed E-state index contributed by atoms with van der Waals surface area (Å²) in [7, 11) is 0. The van der Waals surface area contributed by atoms with Gasteiger partial charge in [0, 0.05) is 24.2 Å². The van der Waals surface area contributed by atoms with E-state index >= 15 is 0 Å². The zero-order valence-electron chi connectivity index (χ0n) is 11.9. The SMILES string of the molecule is CCC(C)C(O)CNC(=O)c1ccc([N+](=O)[O-])cc1C. The van der Waals surface area contributed by atoms with Crippen LogP contribution >= 0.6 is 0 Å². The van der Waals surface area contributed by atoms with E-state index in [0.717, 1.165) is 6.42 Å². The number of non-ortho nitro benzene ring substituents is 1. The molecule has 0 heterocycles. The Hall–Kier alpha value is -1.95. The Kier molecular flexibility index (Phi) is 5.64. The molecule has 1 amide bonds. The highest BCUT2D eigenvalue weighted by atomic mass is 16.6. The van der Waals surface area contributed by atoms with Gasteiger partial charge in [0.05, 0.1) is 11.0 Å². The van der Waals surface area contributed by atoms with Crippen LogP contribution in [0.1, 0.15) is 36.2 Å². The number of aryl methyl sites for hydroxylation is 1. The number of nitro groups is 1. The fraction of sp³-hybridized carbons (Fsp3) is 0.500. The molecule has 0 saturated carbocycles. The summed E-state index contributed by atoms with van der Waals surface area (Å²) in [6, 6.07) is 4.09. The summed E-state index contributed by atoms with van der Waals surface area (Å²) in [5.41, 5.74) is 0.875. The van der Waals surface area contributed by atoms with Gasteiger partial charge in [-0.05, 0) is 24.5 Å². The first-order valence-corrected chi connectivity index (χ1v) is 6.58. The maximum atomic E-state index is 12.0. The highest BCUT2D eigenvalue weighted by molar-refractivity contribution is 5.95. The number of nitro benzene ring substituents is 1. The first kappa shape index (κ1) is 16.1. The Bertz CT molecular complexity index is 502. The number of carbonyl (C=O) groups is 1. The van der Waals surface area contributed by atoms with Crippen LogP contribution in [0, 0.1) is 23.0 Å². The molecule has 0 fully saturated rings. The maximum absolute atomic E-state index is 12.0. The molecule has 0 spiro atoms. The molecule has 6 nitrogen and oxygen atoms in total. The third-order valence-corrected chi connectivity index (χ3v) is 3.44. The zero-order chi connectivity index (χ0) is 15.3. The first-order valence-electron chi connectivity index (χ1n) is 6.58. The van der Waals surface area contributed by atoms with Crippen LogP contribution in [0.4, 0.5) is 5.69 Å². The van der Waals surface area contributed by atoms with Crippen LogP contribution in [-0.4, -0.2) is 28.6 Å². The van der Waals surface area contributed by atoms with Crippen molar-refractivity contribution in [3.63, 3.8) is 0 Å². The Labute approximate surface area is 118 Å². The second-order valence-electron chi connectivity index (χ2n) is 4.92. The van der Waals surface area contributed by atoms with E-state index in [0.29, 0.717) is 11.1 Å². The summed E-state index contributed by atoms with van der Waals surface area (Å²) in [5.74, 6) is -0.229. The summed E-state index contributed by atoms with van der Waals surface area (Å²) in [6.45, 7) is 5.70. The Morgan fingerprint density at radius 3 is 2.65 bits per heavy atom. The average molecular weight is 280 g/mol. The van der Waals surface area contributed by atoms with Crippen molar-refractivity contribution < 1.29 is 14.8 Å². The van der Waals surface area contributed by atoms with Gasteiger partial charge in [-0.3, -0.25) is 14.9 Å². The molecule has 0 aliphatic heterocycles. The number of nitrogens with zero attached hydrogens (tertiary/aromatic N) is 1. The third-order valence-electron chi connectivity index (χ3n) is 3.44. The molecule has 0 bridgehead atoms. The number of aliphatic hydroxyl groups excluding tert-OH is 1. The molecular formula is C14H20N2O4. The fourth-order valence-corrected chi connectivity index (χ4v) is 1.78. The lowest BCUT2D eigenvalue weighted by Crippen LogP contribution is -2.35. The number of benzene rings is 1. The number of carbonyl (C=O) groups excluding carboxylic acids is 1. The Morgan fingerprint density at radius 2 is 2.15 bits per heavy atom. The van der Waals surface area contributed by atoms with Crippen molar-refractivity contribution in [2.24, 2.45) is 5.92 Å². The first-order chi connectivity index (χ1) is 9.36. The number of rotatable bonds is 6. The monoisotopic (exact) mass is 280 g/mol. The molecule has 0 radical (unpaired) electrons. The number of hydrogen-bond donors (Lipinski definition) is 2. The van der Waals surface area contributed by atoms with Crippen LogP contribution in [0.3, 0.4) is 0 Å². The topological polar surface area (TPSA) is 92.5 Å². The van der Waals surface area contributed by atoms with Gasteiger partial charge in [-0.1, -0.05) is 20.3 Å². The van der Waals surface area contributed by atoms with E-state index in [1.165, 1.54) is 18.2 Å². The van der Waals surface area contributed by atoms with Crippen molar-refractivity contribution in [1.29, 1.82) is 0 Å². The maximum Gasteiger partial charge on any atom is 0.269 e. The highest BCUT2D eigenvalue weighted by Crippen LogP contribution is 2.17. The summed E-state index contributed by atoms with van der Waals surface area (Å²) in [6.07, 6.45) is 0.232. The summed E-state index contributed by atoms with van der Waals surface area (Å²) >= 11 is 0. The molecule has 1 aromatic carbocycles. The molecule has 0 aliphatic rings. The zero-order valence-corrected chi connectivity index (χ0v) is 11.9. The van der Waals surface area contributed by atoms with Crippen LogP contribution in [-0.2, 0) is 0 Å². The number of nitrogens with one attached hydrogen (secondary N) is 1. The van der Waals surface area contributed by atoms with Crippen LogP contribution in [0.5, 0.6) is 0 Å². The molecule has 0 aromatic heterocycles. The standard InChI is InChI=1S/C14H20N2O4/c1-4-9(2)13(17)8-15-14(18)12-6-5-11(16(19)20)7-10(12)3/h5-7,9,13,17H,4,8H2,1-3H3,(H,15,18). The second kappa shape index (κ2) is 7.00. The van der Waals surface area contributed by atoms with E-state index in [4.69, 9.17) is 0 Å². The van der Waals surface area contributed by atoms with Crippen molar-refractivity contribution in [3.05, 3.63) is 39.4 Å². The third kappa shape index (κ3) is 4.03. The fourth-order valence-electron chi connectivity index (χ4n) is 1.78. The smallest absolute Gasteiger partial charge is 0.269 e. The van der Waals surface area contributed by atoms with Gasteiger partial charge in [0.15, 0.2) is 0 Å². The second-order valence-corrected chi connectivity index (χ2v) is 4.92. The lowest BCUT2D eigenvalue weighted by molar-refractivity contribution is -0.384. The molecule has 2 N–H and O–H groups in total. The number of amides is 1. The molecule has 2 atom stereocenters. The number of hydrogen-bond acceptors (Lipinski definition) is 4. The van der Waals surface area contributed by atoms with E-state index in [1.54, 1.807) is 6.92 Å². The van der Waals surface area contributed by atoms with Gasteiger partial charge in [0.2, 0.25) is 0 Å². The molecule has 1 aromatic rings. The Balaban J connectivity index is 2.71. The predicted octanol–water partition coefficient (Wildman–Crippen LogP) is 2.04. The quantitative estimate of drug-likeness (QED) is 0.616. The molecule has 20 heavy (non-hydrogen) atoms. The lowest BCUT2D eigenvalue weighted by atomic mass is 10.0. The van der Waals surface area contributed by atoms with Crippen LogP contribution in [0.25, 0.3) is 0 Å². The highest BCUT2D eigenvalue weighted by Gasteiger charge is 2.16. The minimum absolute atomic E-state index is 0.0429. The summed E-state index contributed by atoms with van der Waals surface area (Å²) < 4.78 is 0. The van der Waals surface area contributed by atoms with E-state index < -0.39 is 11.0 Å². The molecular weight excluding hydrogens is 260 g/mol. The summed E-state index contributed by atoms with van der Waals surface area (Å²) in [5, 5.41) is 23.1. The average Bonchev–Trinajstić information content (AvgIpc) is 2.43. The number of aliphatic hydroxyl groups is 1. The van der Waals surface area contributed by atoms with Gasteiger partial charge in [0.1, 0.15) is 0 Å². The normalized spacial score (nSPS) is 13.6. The minimum Gasteiger partial charge on any atom is -0.391 e. The van der Waals surface area contributed by atoms with E-state index in [9.17, 15) is 20.0 Å². The van der Waals surface area contributed by atoms with E-state index in [1.807, 2.05) is 13.8 Å². The van der Waals surface area contributed by atoms with Crippen LogP contribution in [0.2, 0.25) is 0 Å². The van der Waals surface area contributed by atoms with Crippen molar-refractivity contribution in [2.75, 3.05) is 6.54 Å². The van der Waals surface area contributed by atoms with Gasteiger partial charge in [-0.15, -0.1) is 0 Å². The van der Waals surface area contributed by atoms with Gasteiger partial charge < -0.3 is 10.4 Å². The lowest BCUT2D eigenvalue weighted by Gasteiger charge is -2.17.